The van der Waals surface area contributed by atoms with E-state index in [-0.39, 0.29) is 22.5 Å². The minimum Gasteiger partial charge on any atom is -0.493 e. The predicted octanol–water partition coefficient (Wildman–Crippen LogP) is 5.54. The quantitative estimate of drug-likeness (QED) is 0.243. The Labute approximate surface area is 233 Å². The van der Waals surface area contributed by atoms with E-state index in [4.69, 9.17) is 13.9 Å². The molecule has 210 valence electrons. The van der Waals surface area contributed by atoms with Crippen LogP contribution in [-0.4, -0.2) is 40.1 Å². The number of carbonyl (C=O) groups excluding carboxylic acids is 2. The summed E-state index contributed by atoms with van der Waals surface area (Å²) in [6.45, 7) is 7.69. The van der Waals surface area contributed by atoms with Gasteiger partial charge in [0.2, 0.25) is 10.0 Å². The number of aryl methyl sites for hydroxylation is 1. The fourth-order valence-corrected chi connectivity index (χ4v) is 5.67. The number of amides is 1. The van der Waals surface area contributed by atoms with Crippen LogP contribution < -0.4 is 14.8 Å². The van der Waals surface area contributed by atoms with Gasteiger partial charge in [-0.15, -0.1) is 0 Å². The standard InChI is InChI=1S/C30H32N2O7S/c1-6-38-24-8-7-9-25-26(24)19(4)28(39-25)29(33)31-22-14-10-20(11-15-22)21-12-16-23(17-13-21)40(35,36)32-27(18(2)3)30(34)37-5/h7-18,27,32H,6H2,1-5H3,(H,31,33)/t27-/m0/s1. The summed E-state index contributed by atoms with van der Waals surface area (Å²) in [6, 6.07) is 17.9. The van der Waals surface area contributed by atoms with Crippen LogP contribution in [0.2, 0.25) is 0 Å². The molecule has 4 aromatic rings. The molecule has 4 rings (SSSR count). The molecule has 1 heterocycles. The maximum absolute atomic E-state index is 13.0. The second-order valence-electron chi connectivity index (χ2n) is 9.54. The molecule has 0 radical (unpaired) electrons. The summed E-state index contributed by atoms with van der Waals surface area (Å²) in [5.41, 5.74) is 3.45. The molecular weight excluding hydrogens is 532 g/mol. The minimum absolute atomic E-state index is 0.0309. The van der Waals surface area contributed by atoms with Crippen molar-refractivity contribution >= 4 is 38.6 Å². The van der Waals surface area contributed by atoms with Crippen molar-refractivity contribution in [2.24, 2.45) is 5.92 Å². The summed E-state index contributed by atoms with van der Waals surface area (Å²) in [4.78, 5) is 25.0. The molecule has 2 N–H and O–H groups in total. The maximum atomic E-state index is 13.0. The molecule has 1 atom stereocenters. The Balaban J connectivity index is 1.48. The highest BCUT2D eigenvalue weighted by Crippen LogP contribution is 2.33. The fraction of sp³-hybridized carbons (Fsp3) is 0.267. The van der Waals surface area contributed by atoms with E-state index in [1.807, 2.05) is 38.1 Å². The first-order chi connectivity index (χ1) is 19.1. The van der Waals surface area contributed by atoms with Crippen LogP contribution in [-0.2, 0) is 19.6 Å². The number of esters is 1. The molecule has 0 bridgehead atoms. The van der Waals surface area contributed by atoms with E-state index in [1.165, 1.54) is 19.2 Å². The number of hydrogen-bond acceptors (Lipinski definition) is 7. The van der Waals surface area contributed by atoms with Gasteiger partial charge in [-0.05, 0) is 67.3 Å². The van der Waals surface area contributed by atoms with Crippen molar-refractivity contribution < 1.29 is 31.9 Å². The van der Waals surface area contributed by atoms with Gasteiger partial charge in [0.15, 0.2) is 5.76 Å². The molecule has 0 saturated heterocycles. The smallest absolute Gasteiger partial charge is 0.324 e. The lowest BCUT2D eigenvalue weighted by molar-refractivity contribution is -0.143. The summed E-state index contributed by atoms with van der Waals surface area (Å²) in [6.07, 6.45) is 0. The number of ether oxygens (including phenoxy) is 2. The molecule has 0 aliphatic carbocycles. The normalized spacial score (nSPS) is 12.3. The molecule has 9 nitrogen and oxygen atoms in total. The number of sulfonamides is 1. The second-order valence-corrected chi connectivity index (χ2v) is 11.3. The number of furan rings is 1. The molecule has 0 aliphatic rings. The Morgan fingerprint density at radius 2 is 1.57 bits per heavy atom. The first-order valence-electron chi connectivity index (χ1n) is 12.8. The molecule has 1 amide bonds. The van der Waals surface area contributed by atoms with Crippen LogP contribution in [0, 0.1) is 12.8 Å². The summed E-state index contributed by atoms with van der Waals surface area (Å²) in [7, 11) is -2.72. The summed E-state index contributed by atoms with van der Waals surface area (Å²) in [5.74, 6) is -0.430. The number of hydrogen-bond donors (Lipinski definition) is 2. The van der Waals surface area contributed by atoms with E-state index < -0.39 is 22.0 Å². The van der Waals surface area contributed by atoms with Gasteiger partial charge in [-0.25, -0.2) is 8.42 Å². The molecule has 0 spiro atoms. The lowest BCUT2D eigenvalue weighted by atomic mass is 10.1. The predicted molar refractivity (Wildman–Crippen MR) is 153 cm³/mol. The van der Waals surface area contributed by atoms with E-state index in [0.717, 1.165) is 16.5 Å². The van der Waals surface area contributed by atoms with Crippen LogP contribution in [0.1, 0.15) is 36.9 Å². The summed E-state index contributed by atoms with van der Waals surface area (Å²) < 4.78 is 44.3. The van der Waals surface area contributed by atoms with Crippen LogP contribution in [0.5, 0.6) is 5.75 Å². The number of rotatable bonds is 10. The van der Waals surface area contributed by atoms with Crippen molar-refractivity contribution in [1.29, 1.82) is 0 Å². The Hall–Kier alpha value is -4.15. The van der Waals surface area contributed by atoms with Crippen molar-refractivity contribution in [3.05, 3.63) is 78.1 Å². The van der Waals surface area contributed by atoms with Crippen molar-refractivity contribution in [2.75, 3.05) is 19.0 Å². The van der Waals surface area contributed by atoms with Crippen molar-refractivity contribution in [2.45, 2.75) is 38.6 Å². The van der Waals surface area contributed by atoms with Crippen molar-refractivity contribution in [1.82, 2.24) is 4.72 Å². The highest BCUT2D eigenvalue weighted by Gasteiger charge is 2.29. The van der Waals surface area contributed by atoms with E-state index >= 15 is 0 Å². The van der Waals surface area contributed by atoms with Crippen LogP contribution in [0.25, 0.3) is 22.1 Å². The lowest BCUT2D eigenvalue weighted by Crippen LogP contribution is -2.44. The number of benzene rings is 3. The van der Waals surface area contributed by atoms with Gasteiger partial charge in [-0.3, -0.25) is 9.59 Å². The van der Waals surface area contributed by atoms with Gasteiger partial charge in [0.1, 0.15) is 17.4 Å². The molecule has 40 heavy (non-hydrogen) atoms. The second kappa shape index (κ2) is 11.9. The Kier molecular flexibility index (Phi) is 8.61. The van der Waals surface area contributed by atoms with Crippen LogP contribution in [0.3, 0.4) is 0 Å². The average molecular weight is 565 g/mol. The van der Waals surface area contributed by atoms with E-state index in [2.05, 4.69) is 10.0 Å². The zero-order chi connectivity index (χ0) is 29.0. The largest absolute Gasteiger partial charge is 0.493 e. The Morgan fingerprint density at radius 3 is 2.15 bits per heavy atom. The molecule has 10 heteroatoms. The third kappa shape index (κ3) is 6.03. The number of fused-ring (bicyclic) bond motifs is 1. The molecule has 1 aromatic heterocycles. The van der Waals surface area contributed by atoms with Gasteiger partial charge in [0, 0.05) is 11.3 Å². The molecule has 3 aromatic carbocycles. The van der Waals surface area contributed by atoms with Gasteiger partial charge in [-0.1, -0.05) is 44.2 Å². The van der Waals surface area contributed by atoms with E-state index in [0.29, 0.717) is 29.2 Å². The third-order valence-electron chi connectivity index (χ3n) is 6.47. The Bertz CT molecular complexity index is 1620. The number of nitrogens with one attached hydrogen (secondary N) is 2. The maximum Gasteiger partial charge on any atom is 0.324 e. The van der Waals surface area contributed by atoms with Gasteiger partial charge in [0.25, 0.3) is 5.91 Å². The van der Waals surface area contributed by atoms with Gasteiger partial charge in [-0.2, -0.15) is 4.72 Å². The molecule has 0 aliphatic heterocycles. The van der Waals surface area contributed by atoms with E-state index in [1.54, 1.807) is 44.2 Å². The van der Waals surface area contributed by atoms with E-state index in [9.17, 15) is 18.0 Å². The molecule has 0 saturated carbocycles. The topological polar surface area (TPSA) is 124 Å². The first kappa shape index (κ1) is 28.8. The minimum atomic E-state index is -3.94. The number of anilines is 1. The number of carbonyl (C=O) groups is 2. The zero-order valence-electron chi connectivity index (χ0n) is 23.0. The molecule has 0 fully saturated rings. The first-order valence-corrected chi connectivity index (χ1v) is 14.3. The highest BCUT2D eigenvalue weighted by molar-refractivity contribution is 7.89. The average Bonchev–Trinajstić information content (AvgIpc) is 3.29. The van der Waals surface area contributed by atoms with Crippen LogP contribution in [0.15, 0.2) is 76.0 Å². The SMILES string of the molecule is CCOc1cccc2oc(C(=O)Nc3ccc(-c4ccc(S(=O)(=O)N[C@H](C(=O)OC)C(C)C)cc4)cc3)c(C)c12. The highest BCUT2D eigenvalue weighted by atomic mass is 32.2. The zero-order valence-corrected chi connectivity index (χ0v) is 23.8. The van der Waals surface area contributed by atoms with Gasteiger partial charge >= 0.3 is 5.97 Å². The Morgan fingerprint density at radius 1 is 0.950 bits per heavy atom. The number of methoxy groups -OCH3 is 1. The lowest BCUT2D eigenvalue weighted by Gasteiger charge is -2.19. The molecular formula is C30H32N2O7S. The van der Waals surface area contributed by atoms with Crippen LogP contribution in [0.4, 0.5) is 5.69 Å². The van der Waals surface area contributed by atoms with Gasteiger partial charge in [0.05, 0.1) is 24.0 Å². The van der Waals surface area contributed by atoms with Crippen molar-refractivity contribution in [3.63, 3.8) is 0 Å². The summed E-state index contributed by atoms with van der Waals surface area (Å²) >= 11 is 0. The monoisotopic (exact) mass is 564 g/mol. The van der Waals surface area contributed by atoms with Gasteiger partial charge < -0.3 is 19.2 Å². The third-order valence-corrected chi connectivity index (χ3v) is 7.92. The van der Waals surface area contributed by atoms with Crippen molar-refractivity contribution in [3.8, 4) is 16.9 Å². The molecule has 0 unspecified atom stereocenters. The van der Waals surface area contributed by atoms with Crippen LogP contribution >= 0.6 is 0 Å². The summed E-state index contributed by atoms with van der Waals surface area (Å²) in [5, 5.41) is 3.64. The fourth-order valence-electron chi connectivity index (χ4n) is 4.34.